The molecule has 0 aromatic carbocycles. The highest BCUT2D eigenvalue weighted by molar-refractivity contribution is 7.91. The largest absolute Gasteiger partial charge is 0.480 e. The molecule has 0 bridgehead atoms. The Morgan fingerprint density at radius 3 is 2.52 bits per heavy atom. The summed E-state index contributed by atoms with van der Waals surface area (Å²) in [6.45, 7) is 8.11. The number of fused-ring (bicyclic) bond motifs is 1. The van der Waals surface area contributed by atoms with E-state index in [0.29, 0.717) is 52.2 Å². The number of pyridine rings is 1. The van der Waals surface area contributed by atoms with Gasteiger partial charge in [-0.15, -0.1) is 0 Å². The van der Waals surface area contributed by atoms with Crippen molar-refractivity contribution < 1.29 is 13.2 Å². The molecule has 4 heterocycles. The van der Waals surface area contributed by atoms with Gasteiger partial charge in [0, 0.05) is 25.2 Å². The maximum absolute atomic E-state index is 13.7. The Hall–Kier alpha value is -4.00. The molecule has 0 unspecified atom stereocenters. The molecule has 1 aliphatic rings. The Morgan fingerprint density at radius 2 is 1.90 bits per heavy atom. The van der Waals surface area contributed by atoms with Crippen molar-refractivity contribution in [1.82, 2.24) is 34.5 Å². The van der Waals surface area contributed by atoms with Gasteiger partial charge in [-0.3, -0.25) is 9.36 Å². The van der Waals surface area contributed by atoms with E-state index in [0.717, 1.165) is 18.5 Å². The summed E-state index contributed by atoms with van der Waals surface area (Å²) in [7, 11) is -1.84. The van der Waals surface area contributed by atoms with Crippen LogP contribution in [0, 0.1) is 12.8 Å². The first kappa shape index (κ1) is 27.6. The summed E-state index contributed by atoms with van der Waals surface area (Å²) in [5, 5.41) is 3.13. The average Bonchev–Trinajstić information content (AvgIpc) is 3.79. The van der Waals surface area contributed by atoms with Crippen LogP contribution in [0.3, 0.4) is 0 Å². The Morgan fingerprint density at radius 1 is 1.12 bits per heavy atom. The summed E-state index contributed by atoms with van der Waals surface area (Å²) in [5.41, 5.74) is 3.41. The molecule has 4 aromatic heterocycles. The first-order valence-electron chi connectivity index (χ1n) is 13.2. The molecule has 12 nitrogen and oxygen atoms in total. The molecule has 0 atom stereocenters. The lowest BCUT2D eigenvalue weighted by Crippen LogP contribution is -2.28. The molecule has 1 fully saturated rings. The van der Waals surface area contributed by atoms with Crippen molar-refractivity contribution in [3.05, 3.63) is 52.0 Å². The summed E-state index contributed by atoms with van der Waals surface area (Å²) in [6.07, 6.45) is 5.03. The van der Waals surface area contributed by atoms with Crippen molar-refractivity contribution in [3.63, 3.8) is 0 Å². The molecular weight excluding hydrogens is 532 g/mol. The van der Waals surface area contributed by atoms with Gasteiger partial charge in [0.25, 0.3) is 5.56 Å². The predicted molar refractivity (Wildman–Crippen MR) is 150 cm³/mol. The van der Waals surface area contributed by atoms with Crippen LogP contribution in [-0.2, 0) is 22.9 Å². The number of methoxy groups -OCH3 is 1. The minimum absolute atomic E-state index is 0.0238. The minimum atomic E-state index is -3.39. The monoisotopic (exact) mass is 564 g/mol. The quantitative estimate of drug-likeness (QED) is 0.302. The van der Waals surface area contributed by atoms with Crippen molar-refractivity contribution in [2.24, 2.45) is 5.92 Å². The number of anilines is 1. The van der Waals surface area contributed by atoms with Crippen LogP contribution in [0.25, 0.3) is 22.6 Å². The summed E-state index contributed by atoms with van der Waals surface area (Å²) < 4.78 is 31.3. The third-order valence-corrected chi connectivity index (χ3v) is 8.33. The zero-order valence-electron chi connectivity index (χ0n) is 23.2. The molecule has 1 aliphatic carbocycles. The van der Waals surface area contributed by atoms with E-state index in [2.05, 4.69) is 25.3 Å². The molecular formula is C27H32N8O4S. The van der Waals surface area contributed by atoms with Crippen LogP contribution in [0.5, 0.6) is 5.88 Å². The average molecular weight is 565 g/mol. The van der Waals surface area contributed by atoms with Gasteiger partial charge >= 0.3 is 0 Å². The van der Waals surface area contributed by atoms with Gasteiger partial charge in [-0.2, -0.15) is 0 Å². The number of aryl methyl sites for hydroxylation is 1. The van der Waals surface area contributed by atoms with E-state index < -0.39 is 9.84 Å². The van der Waals surface area contributed by atoms with E-state index >= 15 is 0 Å². The van der Waals surface area contributed by atoms with Crippen LogP contribution in [-0.4, -0.2) is 55.8 Å². The predicted octanol–water partition coefficient (Wildman–Crippen LogP) is 3.29. The molecule has 1 N–H and O–H groups in total. The Bertz CT molecular complexity index is 1730. The Balaban J connectivity index is 1.57. The zero-order valence-corrected chi connectivity index (χ0v) is 24.0. The number of sulfone groups is 1. The first-order chi connectivity index (χ1) is 19.1. The summed E-state index contributed by atoms with van der Waals surface area (Å²) >= 11 is 0. The number of ether oxygens (including phenoxy) is 1. The van der Waals surface area contributed by atoms with Crippen molar-refractivity contribution in [1.29, 1.82) is 0 Å². The minimum Gasteiger partial charge on any atom is -0.480 e. The van der Waals surface area contributed by atoms with Crippen LogP contribution in [0.4, 0.5) is 5.82 Å². The molecule has 0 amide bonds. The van der Waals surface area contributed by atoms with E-state index in [4.69, 9.17) is 14.7 Å². The van der Waals surface area contributed by atoms with Crippen molar-refractivity contribution in [2.45, 2.75) is 64.6 Å². The highest BCUT2D eigenvalue weighted by Gasteiger charge is 2.32. The molecule has 1 saturated carbocycles. The van der Waals surface area contributed by atoms with Crippen molar-refractivity contribution in [3.8, 4) is 17.3 Å². The van der Waals surface area contributed by atoms with Gasteiger partial charge < -0.3 is 10.1 Å². The van der Waals surface area contributed by atoms with Gasteiger partial charge in [-0.25, -0.2) is 38.3 Å². The van der Waals surface area contributed by atoms with E-state index in [-0.39, 0.29) is 34.6 Å². The number of rotatable bonds is 10. The summed E-state index contributed by atoms with van der Waals surface area (Å²) in [4.78, 5) is 40.8. The molecule has 13 heteroatoms. The van der Waals surface area contributed by atoms with Crippen LogP contribution in [0.2, 0.25) is 0 Å². The van der Waals surface area contributed by atoms with Gasteiger partial charge in [0.2, 0.25) is 5.88 Å². The second kappa shape index (κ2) is 10.9. The van der Waals surface area contributed by atoms with Crippen LogP contribution in [0.1, 0.15) is 56.5 Å². The fourth-order valence-electron chi connectivity index (χ4n) is 4.46. The SMILES string of the molecule is CCS(=O)(=O)c1ccc(CNc2nc3c(C)nc(-c4c(OC)ncnc4C4CC4)nc3n(CC(C)C)c2=O)cn1. The molecule has 0 spiro atoms. The lowest BCUT2D eigenvalue weighted by atomic mass is 10.1. The highest BCUT2D eigenvalue weighted by Crippen LogP contribution is 2.45. The molecule has 4 aromatic rings. The summed E-state index contributed by atoms with van der Waals surface area (Å²) in [5.74, 6) is 1.38. The van der Waals surface area contributed by atoms with E-state index in [9.17, 15) is 13.2 Å². The van der Waals surface area contributed by atoms with Gasteiger partial charge in [0.1, 0.15) is 17.4 Å². The van der Waals surface area contributed by atoms with Gasteiger partial charge in [-0.1, -0.05) is 26.8 Å². The fourth-order valence-corrected chi connectivity index (χ4v) is 5.25. The van der Waals surface area contributed by atoms with E-state index in [1.165, 1.54) is 18.6 Å². The normalized spacial score (nSPS) is 13.7. The summed E-state index contributed by atoms with van der Waals surface area (Å²) in [6, 6.07) is 3.14. The fraction of sp³-hybridized carbons (Fsp3) is 0.444. The molecule has 0 aliphatic heterocycles. The molecule has 0 saturated heterocycles. The van der Waals surface area contributed by atoms with Gasteiger partial charge in [0.15, 0.2) is 32.2 Å². The number of nitrogens with zero attached hydrogens (tertiary/aromatic N) is 7. The second-order valence-corrected chi connectivity index (χ2v) is 12.5. The van der Waals surface area contributed by atoms with Crippen molar-refractivity contribution >= 4 is 26.8 Å². The third kappa shape index (κ3) is 5.37. The zero-order chi connectivity index (χ0) is 28.6. The third-order valence-electron chi connectivity index (χ3n) is 6.69. The molecule has 40 heavy (non-hydrogen) atoms. The lowest BCUT2D eigenvalue weighted by Gasteiger charge is -2.17. The molecule has 0 radical (unpaired) electrons. The number of nitrogens with one attached hydrogen (secondary N) is 1. The maximum Gasteiger partial charge on any atom is 0.294 e. The Kier molecular flexibility index (Phi) is 7.49. The number of aromatic nitrogens is 7. The smallest absolute Gasteiger partial charge is 0.294 e. The Labute approximate surface area is 232 Å². The molecule has 210 valence electrons. The van der Waals surface area contributed by atoms with E-state index in [1.54, 1.807) is 24.7 Å². The maximum atomic E-state index is 13.7. The topological polar surface area (TPSA) is 155 Å². The van der Waals surface area contributed by atoms with Crippen LogP contribution >= 0.6 is 0 Å². The lowest BCUT2D eigenvalue weighted by molar-refractivity contribution is 0.397. The van der Waals surface area contributed by atoms with Crippen LogP contribution < -0.4 is 15.6 Å². The number of hydrogen-bond donors (Lipinski definition) is 1. The molecule has 5 rings (SSSR count). The highest BCUT2D eigenvalue weighted by atomic mass is 32.2. The second-order valence-electron chi connectivity index (χ2n) is 10.3. The van der Waals surface area contributed by atoms with Crippen LogP contribution in [0.15, 0.2) is 34.5 Å². The van der Waals surface area contributed by atoms with Gasteiger partial charge in [-0.05, 0) is 37.3 Å². The first-order valence-corrected chi connectivity index (χ1v) is 14.9. The number of hydrogen-bond acceptors (Lipinski definition) is 11. The van der Waals surface area contributed by atoms with E-state index in [1.807, 2.05) is 20.8 Å². The standard InChI is InChI=1S/C27H32N8O4S/c1-6-40(37,38)19-10-7-17(11-28-19)12-29-24-27(36)35(13-15(2)3)25-21(33-24)16(4)32-23(34-25)20-22(18-8-9-18)30-14-31-26(20)39-5/h7,10-11,14-15,18H,6,8-9,12-13H2,1-5H3,(H,29,33). The van der Waals surface area contributed by atoms with Crippen molar-refractivity contribution in [2.75, 3.05) is 18.2 Å². The van der Waals surface area contributed by atoms with Gasteiger partial charge in [0.05, 0.1) is 24.3 Å².